The molecular weight excluding hydrogens is 324 g/mol. The van der Waals surface area contributed by atoms with Crippen LogP contribution in [0.2, 0.25) is 0 Å². The second kappa shape index (κ2) is 8.97. The second-order valence-electron chi connectivity index (χ2n) is 6.09. The van der Waals surface area contributed by atoms with E-state index in [0.29, 0.717) is 12.5 Å². The number of aryl methyl sites for hydroxylation is 1. The van der Waals surface area contributed by atoms with Crippen LogP contribution in [0, 0.1) is 5.92 Å². The molecule has 2 aromatic carbocycles. The van der Waals surface area contributed by atoms with E-state index in [9.17, 15) is 8.42 Å². The van der Waals surface area contributed by atoms with Gasteiger partial charge in [0, 0.05) is 6.61 Å². The van der Waals surface area contributed by atoms with Crippen molar-refractivity contribution in [2.24, 2.45) is 5.92 Å². The lowest BCUT2D eigenvalue weighted by Gasteiger charge is -2.12. The minimum Gasteiger partial charge on any atom is -0.377 e. The van der Waals surface area contributed by atoms with Gasteiger partial charge in [-0.15, -0.1) is 0 Å². The molecule has 0 fully saturated rings. The molecule has 24 heavy (non-hydrogen) atoms. The lowest BCUT2D eigenvalue weighted by Crippen LogP contribution is -2.04. The molecule has 130 valence electrons. The number of hydrogen-bond acceptors (Lipinski definition) is 3. The average Bonchev–Trinajstić information content (AvgIpc) is 2.57. The van der Waals surface area contributed by atoms with E-state index < -0.39 is 10.1 Å². The summed E-state index contributed by atoms with van der Waals surface area (Å²) < 4.78 is 36.7. The molecule has 0 radical (unpaired) electrons. The summed E-state index contributed by atoms with van der Waals surface area (Å²) in [6.45, 7) is 3.57. The van der Waals surface area contributed by atoms with Crippen molar-refractivity contribution in [1.82, 2.24) is 0 Å². The summed E-state index contributed by atoms with van der Waals surface area (Å²) in [5.41, 5.74) is 2.25. The highest BCUT2D eigenvalue weighted by Gasteiger charge is 2.09. The van der Waals surface area contributed by atoms with Crippen LogP contribution < -0.4 is 0 Å². The van der Waals surface area contributed by atoms with Crippen LogP contribution in [0.4, 0.5) is 0 Å². The molecule has 0 heterocycles. The van der Waals surface area contributed by atoms with Gasteiger partial charge in [0.1, 0.15) is 0 Å². The Bertz CT molecular complexity index is 709. The summed E-state index contributed by atoms with van der Waals surface area (Å²) >= 11 is 0. The zero-order valence-electron chi connectivity index (χ0n) is 13.9. The topological polar surface area (TPSA) is 63.6 Å². The van der Waals surface area contributed by atoms with Gasteiger partial charge in [0.25, 0.3) is 10.1 Å². The molecule has 5 heteroatoms. The van der Waals surface area contributed by atoms with E-state index in [1.54, 1.807) is 12.1 Å². The average molecular weight is 348 g/mol. The summed E-state index contributed by atoms with van der Waals surface area (Å²) in [5, 5.41) is 0. The number of ether oxygens (including phenoxy) is 1. The Morgan fingerprint density at radius 3 is 2.25 bits per heavy atom. The van der Waals surface area contributed by atoms with E-state index in [0.717, 1.165) is 31.4 Å². The summed E-state index contributed by atoms with van der Waals surface area (Å²) in [7, 11) is -4.11. The van der Waals surface area contributed by atoms with E-state index in [1.165, 1.54) is 17.7 Å². The van der Waals surface area contributed by atoms with Crippen LogP contribution in [0.3, 0.4) is 0 Å². The third-order valence-electron chi connectivity index (χ3n) is 4.01. The van der Waals surface area contributed by atoms with Crippen LogP contribution >= 0.6 is 0 Å². The SMILES string of the molecule is C[C@H](CCOCc1ccccc1)CCc1ccc(S(=O)(=O)O)cc1. The van der Waals surface area contributed by atoms with Crippen molar-refractivity contribution in [3.63, 3.8) is 0 Å². The maximum atomic E-state index is 11.0. The normalized spacial score (nSPS) is 12.9. The maximum Gasteiger partial charge on any atom is 0.294 e. The van der Waals surface area contributed by atoms with E-state index in [4.69, 9.17) is 9.29 Å². The first-order valence-corrected chi connectivity index (χ1v) is 9.57. The molecule has 1 atom stereocenters. The summed E-state index contributed by atoms with van der Waals surface area (Å²) in [6.07, 6.45) is 2.89. The monoisotopic (exact) mass is 348 g/mol. The Morgan fingerprint density at radius 2 is 1.62 bits per heavy atom. The van der Waals surface area contributed by atoms with Gasteiger partial charge < -0.3 is 4.74 Å². The summed E-state index contributed by atoms with van der Waals surface area (Å²) in [4.78, 5) is -0.0615. The number of benzene rings is 2. The summed E-state index contributed by atoms with van der Waals surface area (Å²) in [6, 6.07) is 16.5. The number of rotatable bonds is 9. The van der Waals surface area contributed by atoms with Crippen LogP contribution in [-0.4, -0.2) is 19.6 Å². The van der Waals surface area contributed by atoms with Crippen LogP contribution in [0.5, 0.6) is 0 Å². The van der Waals surface area contributed by atoms with Gasteiger partial charge >= 0.3 is 0 Å². The molecule has 0 bridgehead atoms. The van der Waals surface area contributed by atoms with Crippen molar-refractivity contribution in [3.8, 4) is 0 Å². The molecule has 2 aromatic rings. The van der Waals surface area contributed by atoms with Gasteiger partial charge in [-0.25, -0.2) is 0 Å². The fourth-order valence-corrected chi connectivity index (χ4v) is 2.91. The molecule has 0 amide bonds. The van der Waals surface area contributed by atoms with Crippen molar-refractivity contribution < 1.29 is 17.7 Å². The highest BCUT2D eigenvalue weighted by Crippen LogP contribution is 2.16. The van der Waals surface area contributed by atoms with Crippen molar-refractivity contribution in [1.29, 1.82) is 0 Å². The van der Waals surface area contributed by atoms with E-state index in [2.05, 4.69) is 19.1 Å². The summed E-state index contributed by atoms with van der Waals surface area (Å²) in [5.74, 6) is 0.530. The van der Waals surface area contributed by atoms with Crippen molar-refractivity contribution >= 4 is 10.1 Å². The molecule has 0 aliphatic carbocycles. The van der Waals surface area contributed by atoms with Crippen LogP contribution in [-0.2, 0) is 27.9 Å². The van der Waals surface area contributed by atoms with E-state index >= 15 is 0 Å². The first-order chi connectivity index (χ1) is 11.4. The van der Waals surface area contributed by atoms with Gasteiger partial charge in [-0.2, -0.15) is 8.42 Å². The Hall–Kier alpha value is -1.69. The predicted octanol–water partition coefficient (Wildman–Crippen LogP) is 4.11. The zero-order chi connectivity index (χ0) is 17.4. The Balaban J connectivity index is 1.66. The minimum atomic E-state index is -4.11. The standard InChI is InChI=1S/C19H24O4S/c1-16(13-14-23-15-18-5-3-2-4-6-18)7-8-17-9-11-19(12-10-17)24(20,21)22/h2-6,9-12,16H,7-8,13-15H2,1H3,(H,20,21,22)/t16-/m0/s1. The number of hydrogen-bond donors (Lipinski definition) is 1. The highest BCUT2D eigenvalue weighted by molar-refractivity contribution is 7.85. The van der Waals surface area contributed by atoms with E-state index in [1.807, 2.05) is 18.2 Å². The van der Waals surface area contributed by atoms with Gasteiger partial charge in [-0.05, 0) is 48.4 Å². The lowest BCUT2D eigenvalue weighted by atomic mass is 9.99. The maximum absolute atomic E-state index is 11.0. The third kappa shape index (κ3) is 6.43. The Morgan fingerprint density at radius 1 is 0.958 bits per heavy atom. The van der Waals surface area contributed by atoms with Crippen LogP contribution in [0.25, 0.3) is 0 Å². The van der Waals surface area contributed by atoms with Gasteiger partial charge in [0.05, 0.1) is 11.5 Å². The minimum absolute atomic E-state index is 0.0615. The smallest absolute Gasteiger partial charge is 0.294 e. The van der Waals surface area contributed by atoms with Gasteiger partial charge in [0.2, 0.25) is 0 Å². The second-order valence-corrected chi connectivity index (χ2v) is 7.51. The fourth-order valence-electron chi connectivity index (χ4n) is 2.43. The molecule has 0 saturated carbocycles. The molecule has 1 N–H and O–H groups in total. The molecule has 0 aromatic heterocycles. The first-order valence-electron chi connectivity index (χ1n) is 8.13. The van der Waals surface area contributed by atoms with Gasteiger partial charge in [0.15, 0.2) is 0 Å². The van der Waals surface area contributed by atoms with Crippen molar-refractivity contribution in [2.45, 2.75) is 37.7 Å². The van der Waals surface area contributed by atoms with E-state index in [-0.39, 0.29) is 4.90 Å². The molecule has 4 nitrogen and oxygen atoms in total. The lowest BCUT2D eigenvalue weighted by molar-refractivity contribution is 0.108. The molecule has 0 aliphatic rings. The van der Waals surface area contributed by atoms with Crippen LogP contribution in [0.15, 0.2) is 59.5 Å². The van der Waals surface area contributed by atoms with Crippen molar-refractivity contribution in [2.75, 3.05) is 6.61 Å². The quantitative estimate of drug-likeness (QED) is 0.547. The molecule has 0 spiro atoms. The Kier molecular flexibility index (Phi) is 6.97. The van der Waals surface area contributed by atoms with Gasteiger partial charge in [-0.1, -0.05) is 49.4 Å². The molecule has 0 aliphatic heterocycles. The molecular formula is C19H24O4S. The van der Waals surface area contributed by atoms with Crippen LogP contribution in [0.1, 0.15) is 30.9 Å². The Labute approximate surface area is 144 Å². The largest absolute Gasteiger partial charge is 0.377 e. The predicted molar refractivity (Wildman–Crippen MR) is 94.5 cm³/mol. The fraction of sp³-hybridized carbons (Fsp3) is 0.368. The third-order valence-corrected chi connectivity index (χ3v) is 4.88. The molecule has 2 rings (SSSR count). The molecule has 0 unspecified atom stereocenters. The van der Waals surface area contributed by atoms with Gasteiger partial charge in [-0.3, -0.25) is 4.55 Å². The zero-order valence-corrected chi connectivity index (χ0v) is 14.7. The van der Waals surface area contributed by atoms with Crippen molar-refractivity contribution in [3.05, 3.63) is 65.7 Å². The first kappa shape index (κ1) is 18.6. The molecule has 0 saturated heterocycles. The highest BCUT2D eigenvalue weighted by atomic mass is 32.2.